The van der Waals surface area contributed by atoms with E-state index in [1.54, 1.807) is 18.2 Å². The molecule has 1 unspecified atom stereocenters. The first kappa shape index (κ1) is 19.5. The van der Waals surface area contributed by atoms with Crippen LogP contribution in [-0.2, 0) is 0 Å². The van der Waals surface area contributed by atoms with E-state index in [4.69, 9.17) is 0 Å². The third kappa shape index (κ3) is 5.32. The highest BCUT2D eigenvalue weighted by Gasteiger charge is 2.15. The monoisotopic (exact) mass is 355 g/mol. The Balaban J connectivity index is 2.07. The zero-order valence-electron chi connectivity index (χ0n) is 15.1. The van der Waals surface area contributed by atoms with Crippen molar-refractivity contribution in [3.05, 3.63) is 65.2 Å². The van der Waals surface area contributed by atoms with Gasteiger partial charge in [-0.15, -0.1) is 0 Å². The smallest absolute Gasteiger partial charge is 0.319 e. The summed E-state index contributed by atoms with van der Waals surface area (Å²) in [5.74, 6) is -0.173. The molecule has 1 atom stereocenters. The van der Waals surface area contributed by atoms with Crippen LogP contribution in [-0.4, -0.2) is 30.2 Å². The molecule has 26 heavy (non-hydrogen) atoms. The van der Waals surface area contributed by atoms with Gasteiger partial charge in [-0.05, 0) is 36.6 Å². The van der Waals surface area contributed by atoms with Gasteiger partial charge in [-0.1, -0.05) is 43.3 Å². The third-order valence-electron chi connectivity index (χ3n) is 3.97. The quantitative estimate of drug-likeness (QED) is 0.615. The van der Waals surface area contributed by atoms with Gasteiger partial charge >= 0.3 is 6.03 Å². The number of aliphatic hydroxyl groups is 1. The van der Waals surface area contributed by atoms with Crippen molar-refractivity contribution in [3.8, 4) is 0 Å². The van der Waals surface area contributed by atoms with Crippen LogP contribution in [0.1, 0.15) is 40.9 Å². The lowest BCUT2D eigenvalue weighted by Gasteiger charge is -2.18. The maximum Gasteiger partial charge on any atom is 0.319 e. The Morgan fingerprint density at radius 2 is 1.85 bits per heavy atom. The predicted molar refractivity (Wildman–Crippen MR) is 102 cm³/mol. The first-order valence-electron chi connectivity index (χ1n) is 8.67. The molecule has 4 N–H and O–H groups in total. The van der Waals surface area contributed by atoms with Crippen LogP contribution < -0.4 is 16.0 Å². The van der Waals surface area contributed by atoms with E-state index in [1.807, 2.05) is 44.2 Å². The molecule has 0 aliphatic heterocycles. The second-order valence-electron chi connectivity index (χ2n) is 6.03. The van der Waals surface area contributed by atoms with Crippen LogP contribution in [0.5, 0.6) is 0 Å². The van der Waals surface area contributed by atoms with Gasteiger partial charge in [0.25, 0.3) is 5.91 Å². The van der Waals surface area contributed by atoms with Crippen molar-refractivity contribution >= 4 is 17.6 Å². The molecule has 2 aromatic carbocycles. The van der Waals surface area contributed by atoms with E-state index in [0.29, 0.717) is 17.8 Å². The Morgan fingerprint density at radius 3 is 2.50 bits per heavy atom. The summed E-state index contributed by atoms with van der Waals surface area (Å²) in [5, 5.41) is 17.9. The van der Waals surface area contributed by atoms with Crippen LogP contribution in [0, 0.1) is 6.92 Å². The van der Waals surface area contributed by atoms with E-state index in [2.05, 4.69) is 16.0 Å². The number of carbonyl (C=O) groups excluding carboxylic acids is 2. The summed E-state index contributed by atoms with van der Waals surface area (Å²) >= 11 is 0. The molecular weight excluding hydrogens is 330 g/mol. The summed E-state index contributed by atoms with van der Waals surface area (Å²) in [6.07, 6.45) is 0.854. The summed E-state index contributed by atoms with van der Waals surface area (Å²) < 4.78 is 0. The molecular formula is C20H25N3O3. The SMILES string of the molecule is CCCNC(=O)c1ccc(C)c(NC(=O)NC(CO)c2ccccc2)c1. The highest BCUT2D eigenvalue weighted by atomic mass is 16.3. The first-order chi connectivity index (χ1) is 12.5. The van der Waals surface area contributed by atoms with Gasteiger partial charge < -0.3 is 21.1 Å². The van der Waals surface area contributed by atoms with Gasteiger partial charge in [0.1, 0.15) is 0 Å². The van der Waals surface area contributed by atoms with E-state index in [-0.39, 0.29) is 12.5 Å². The lowest BCUT2D eigenvalue weighted by molar-refractivity contribution is 0.0953. The van der Waals surface area contributed by atoms with Gasteiger partial charge in [-0.2, -0.15) is 0 Å². The van der Waals surface area contributed by atoms with E-state index in [0.717, 1.165) is 17.5 Å². The maximum absolute atomic E-state index is 12.3. The molecule has 138 valence electrons. The lowest BCUT2D eigenvalue weighted by atomic mass is 10.1. The minimum absolute atomic E-state index is 0.173. The van der Waals surface area contributed by atoms with Crippen LogP contribution in [0.15, 0.2) is 48.5 Å². The summed E-state index contributed by atoms with van der Waals surface area (Å²) in [6, 6.07) is 13.5. The second-order valence-corrected chi connectivity index (χ2v) is 6.03. The van der Waals surface area contributed by atoms with Crippen LogP contribution in [0.25, 0.3) is 0 Å². The summed E-state index contributed by atoms with van der Waals surface area (Å²) in [7, 11) is 0. The molecule has 0 radical (unpaired) electrons. The number of aliphatic hydroxyl groups excluding tert-OH is 1. The van der Waals surface area contributed by atoms with Crippen molar-refractivity contribution in [3.63, 3.8) is 0 Å². The summed E-state index contributed by atoms with van der Waals surface area (Å²) in [4.78, 5) is 24.4. The van der Waals surface area contributed by atoms with Crippen molar-refractivity contribution < 1.29 is 14.7 Å². The van der Waals surface area contributed by atoms with Gasteiger partial charge in [0.05, 0.1) is 12.6 Å². The van der Waals surface area contributed by atoms with Crippen molar-refractivity contribution in [1.29, 1.82) is 0 Å². The minimum atomic E-state index is -0.507. The molecule has 3 amide bonds. The third-order valence-corrected chi connectivity index (χ3v) is 3.97. The van der Waals surface area contributed by atoms with Gasteiger partial charge in [0.2, 0.25) is 0 Å². The van der Waals surface area contributed by atoms with Crippen molar-refractivity contribution in [2.24, 2.45) is 0 Å². The van der Waals surface area contributed by atoms with Gasteiger partial charge in [0, 0.05) is 17.8 Å². The number of hydrogen-bond donors (Lipinski definition) is 4. The fourth-order valence-electron chi connectivity index (χ4n) is 2.47. The number of amides is 3. The Morgan fingerprint density at radius 1 is 1.12 bits per heavy atom. The summed E-state index contributed by atoms with van der Waals surface area (Å²) in [6.45, 7) is 4.22. The highest BCUT2D eigenvalue weighted by molar-refractivity contribution is 5.97. The number of anilines is 1. The van der Waals surface area contributed by atoms with Gasteiger partial charge in [-0.25, -0.2) is 4.79 Å². The number of benzene rings is 2. The van der Waals surface area contributed by atoms with Crippen LogP contribution in [0.4, 0.5) is 10.5 Å². The number of aryl methyl sites for hydroxylation is 1. The Labute approximate surface area is 153 Å². The van der Waals surface area contributed by atoms with Crippen LogP contribution in [0.2, 0.25) is 0 Å². The number of hydrogen-bond acceptors (Lipinski definition) is 3. The van der Waals surface area contributed by atoms with Crippen LogP contribution >= 0.6 is 0 Å². The van der Waals surface area contributed by atoms with E-state index in [9.17, 15) is 14.7 Å². The largest absolute Gasteiger partial charge is 0.394 e. The zero-order valence-corrected chi connectivity index (χ0v) is 15.1. The van der Waals surface area contributed by atoms with Crippen molar-refractivity contribution in [1.82, 2.24) is 10.6 Å². The Kier molecular flexibility index (Phi) is 7.17. The van der Waals surface area contributed by atoms with Gasteiger partial charge in [-0.3, -0.25) is 4.79 Å². The first-order valence-corrected chi connectivity index (χ1v) is 8.67. The highest BCUT2D eigenvalue weighted by Crippen LogP contribution is 2.18. The van der Waals surface area contributed by atoms with E-state index >= 15 is 0 Å². The normalized spacial score (nSPS) is 11.5. The molecule has 2 rings (SSSR count). The number of nitrogens with one attached hydrogen (secondary N) is 3. The van der Waals surface area contributed by atoms with E-state index in [1.165, 1.54) is 0 Å². The van der Waals surface area contributed by atoms with E-state index < -0.39 is 12.1 Å². The molecule has 6 heteroatoms. The molecule has 2 aromatic rings. The van der Waals surface area contributed by atoms with Crippen molar-refractivity contribution in [2.75, 3.05) is 18.5 Å². The molecule has 0 spiro atoms. The zero-order chi connectivity index (χ0) is 18.9. The topological polar surface area (TPSA) is 90.5 Å². The molecule has 0 aromatic heterocycles. The number of carbonyl (C=O) groups is 2. The fourth-order valence-corrected chi connectivity index (χ4v) is 2.47. The number of urea groups is 1. The fraction of sp³-hybridized carbons (Fsp3) is 0.300. The Bertz CT molecular complexity index is 747. The summed E-state index contributed by atoms with van der Waals surface area (Å²) in [5.41, 5.74) is 2.69. The lowest BCUT2D eigenvalue weighted by Crippen LogP contribution is -2.34. The minimum Gasteiger partial charge on any atom is -0.394 e. The maximum atomic E-state index is 12.3. The molecule has 0 bridgehead atoms. The molecule has 0 fully saturated rings. The standard InChI is InChI=1S/C20H25N3O3/c1-3-11-21-19(25)16-10-9-14(2)17(12-16)22-20(26)23-18(13-24)15-7-5-4-6-8-15/h4-10,12,18,24H,3,11,13H2,1-2H3,(H,21,25)(H2,22,23,26). The molecule has 0 saturated carbocycles. The molecule has 6 nitrogen and oxygen atoms in total. The van der Waals surface area contributed by atoms with Gasteiger partial charge in [0.15, 0.2) is 0 Å². The predicted octanol–water partition coefficient (Wildman–Crippen LogP) is 2.99. The molecule has 0 heterocycles. The number of rotatable bonds is 7. The van der Waals surface area contributed by atoms with Crippen LogP contribution in [0.3, 0.4) is 0 Å². The molecule has 0 aliphatic carbocycles. The second kappa shape index (κ2) is 9.58. The average molecular weight is 355 g/mol. The average Bonchev–Trinajstić information content (AvgIpc) is 2.66. The molecule has 0 saturated heterocycles. The Hall–Kier alpha value is -2.86. The van der Waals surface area contributed by atoms with Crippen molar-refractivity contribution in [2.45, 2.75) is 26.3 Å². The molecule has 0 aliphatic rings.